The summed E-state index contributed by atoms with van der Waals surface area (Å²) in [7, 11) is 0. The third-order valence-electron chi connectivity index (χ3n) is 4.24. The van der Waals surface area contributed by atoms with Gasteiger partial charge in [0.15, 0.2) is 5.54 Å². The molecule has 0 aliphatic heterocycles. The number of furan rings is 1. The van der Waals surface area contributed by atoms with E-state index >= 15 is 0 Å². The van der Waals surface area contributed by atoms with Gasteiger partial charge in [0.25, 0.3) is 5.91 Å². The Hall–Kier alpha value is -2.56. The van der Waals surface area contributed by atoms with Crippen molar-refractivity contribution in [3.63, 3.8) is 0 Å². The highest BCUT2D eigenvalue weighted by atomic mass is 16.4. The van der Waals surface area contributed by atoms with Crippen molar-refractivity contribution in [3.8, 4) is 0 Å². The third-order valence-corrected chi connectivity index (χ3v) is 4.24. The molecule has 24 heavy (non-hydrogen) atoms. The Balaban J connectivity index is 2.40. The Morgan fingerprint density at radius 1 is 1.25 bits per heavy atom. The van der Waals surface area contributed by atoms with E-state index in [9.17, 15) is 14.7 Å². The van der Waals surface area contributed by atoms with Crippen LogP contribution < -0.4 is 5.32 Å². The largest absolute Gasteiger partial charge is 0.479 e. The molecule has 0 saturated carbocycles. The van der Waals surface area contributed by atoms with Crippen LogP contribution in [-0.2, 0) is 10.3 Å². The lowest BCUT2D eigenvalue weighted by molar-refractivity contribution is -0.145. The molecule has 1 unspecified atom stereocenters. The molecular weight excluding hydrogens is 306 g/mol. The lowest BCUT2D eigenvalue weighted by Crippen LogP contribution is -2.51. The number of hydrogen-bond acceptors (Lipinski definition) is 3. The lowest BCUT2D eigenvalue weighted by atomic mass is 9.87. The van der Waals surface area contributed by atoms with Crippen molar-refractivity contribution in [3.05, 3.63) is 59.0 Å². The molecule has 0 aliphatic rings. The second-order valence-electron chi connectivity index (χ2n) is 6.16. The molecular formula is C19H23NO4. The van der Waals surface area contributed by atoms with Crippen LogP contribution in [0.3, 0.4) is 0 Å². The summed E-state index contributed by atoms with van der Waals surface area (Å²) in [5.41, 5.74) is -0.563. The van der Waals surface area contributed by atoms with Gasteiger partial charge in [0.1, 0.15) is 11.5 Å². The summed E-state index contributed by atoms with van der Waals surface area (Å²) in [6.45, 7) is 7.38. The quantitative estimate of drug-likeness (QED) is 0.844. The Morgan fingerprint density at radius 2 is 1.88 bits per heavy atom. The zero-order chi connectivity index (χ0) is 17.9. The molecule has 0 spiro atoms. The van der Waals surface area contributed by atoms with Crippen LogP contribution in [0.4, 0.5) is 0 Å². The van der Waals surface area contributed by atoms with Crippen molar-refractivity contribution >= 4 is 11.9 Å². The number of amides is 1. The van der Waals surface area contributed by atoms with Crippen LogP contribution >= 0.6 is 0 Å². The van der Waals surface area contributed by atoms with Gasteiger partial charge < -0.3 is 14.8 Å². The Morgan fingerprint density at radius 3 is 2.33 bits per heavy atom. The fraction of sp³-hybridized carbons (Fsp3) is 0.368. The molecule has 2 rings (SSSR count). The van der Waals surface area contributed by atoms with Crippen molar-refractivity contribution in [2.75, 3.05) is 0 Å². The first-order valence-electron chi connectivity index (χ1n) is 8.03. The van der Waals surface area contributed by atoms with Crippen LogP contribution in [0, 0.1) is 6.92 Å². The van der Waals surface area contributed by atoms with Crippen molar-refractivity contribution in [2.45, 2.75) is 45.6 Å². The number of carbonyl (C=O) groups excluding carboxylic acids is 1. The first-order chi connectivity index (χ1) is 11.3. The van der Waals surface area contributed by atoms with Crippen molar-refractivity contribution in [1.82, 2.24) is 5.32 Å². The summed E-state index contributed by atoms with van der Waals surface area (Å²) in [4.78, 5) is 24.7. The molecule has 0 radical (unpaired) electrons. The van der Waals surface area contributed by atoms with E-state index in [-0.39, 0.29) is 12.3 Å². The van der Waals surface area contributed by atoms with E-state index in [2.05, 4.69) is 5.32 Å². The maximum absolute atomic E-state index is 12.7. The fourth-order valence-corrected chi connectivity index (χ4v) is 2.69. The number of nitrogens with one attached hydrogen (secondary N) is 1. The number of aliphatic carboxylic acids is 1. The molecule has 2 aromatic rings. The highest BCUT2D eigenvalue weighted by molar-refractivity contribution is 5.99. The molecule has 1 aromatic carbocycles. The fourth-order valence-electron chi connectivity index (χ4n) is 2.69. The summed E-state index contributed by atoms with van der Waals surface area (Å²) in [5, 5.41) is 12.5. The summed E-state index contributed by atoms with van der Waals surface area (Å²) >= 11 is 0. The highest BCUT2D eigenvalue weighted by Crippen LogP contribution is 2.28. The Labute approximate surface area is 141 Å². The molecule has 128 valence electrons. The minimum Gasteiger partial charge on any atom is -0.479 e. The number of carbonyl (C=O) groups is 2. The van der Waals surface area contributed by atoms with Crippen LogP contribution in [0.2, 0.25) is 0 Å². The molecule has 1 atom stereocenters. The van der Waals surface area contributed by atoms with Gasteiger partial charge in [-0.3, -0.25) is 4.79 Å². The van der Waals surface area contributed by atoms with E-state index in [0.717, 1.165) is 0 Å². The molecule has 1 heterocycles. The Bertz CT molecular complexity index is 733. The van der Waals surface area contributed by atoms with Gasteiger partial charge in [0.2, 0.25) is 0 Å². The van der Waals surface area contributed by atoms with Gasteiger partial charge in [0.05, 0.1) is 5.56 Å². The van der Waals surface area contributed by atoms with Gasteiger partial charge in [-0.15, -0.1) is 0 Å². The van der Waals surface area contributed by atoms with Crippen LogP contribution in [0.5, 0.6) is 0 Å². The molecule has 1 amide bonds. The van der Waals surface area contributed by atoms with Crippen LogP contribution in [0.1, 0.15) is 60.6 Å². The number of benzene rings is 1. The van der Waals surface area contributed by atoms with Gasteiger partial charge in [-0.2, -0.15) is 0 Å². The number of carboxylic acid groups (broad SMARTS) is 1. The zero-order valence-corrected chi connectivity index (χ0v) is 14.4. The van der Waals surface area contributed by atoms with Gasteiger partial charge in [-0.25, -0.2) is 4.79 Å². The summed E-state index contributed by atoms with van der Waals surface area (Å²) < 4.78 is 5.60. The summed E-state index contributed by atoms with van der Waals surface area (Å²) in [6, 6.07) is 10.4. The third kappa shape index (κ3) is 3.20. The average molecular weight is 329 g/mol. The minimum absolute atomic E-state index is 0.148. The monoisotopic (exact) mass is 329 g/mol. The standard InChI is InChI=1S/C19H23NO4/c1-5-19(18(22)23,14-9-7-6-8-10-14)20-17(21)15-11-16(12(2)3)24-13(15)4/h6-12H,5H2,1-4H3,(H,20,21)(H,22,23). The number of rotatable bonds is 6. The van der Waals surface area contributed by atoms with Crippen molar-refractivity contribution in [2.24, 2.45) is 0 Å². The van der Waals surface area contributed by atoms with Crippen LogP contribution in [0.15, 0.2) is 40.8 Å². The normalized spacial score (nSPS) is 13.5. The van der Waals surface area contributed by atoms with Gasteiger partial charge in [-0.05, 0) is 25.0 Å². The number of aryl methyl sites for hydroxylation is 1. The van der Waals surface area contributed by atoms with Gasteiger partial charge >= 0.3 is 5.97 Å². The first-order valence-corrected chi connectivity index (χ1v) is 8.03. The first kappa shape index (κ1) is 17.8. The molecule has 0 bridgehead atoms. The number of hydrogen-bond donors (Lipinski definition) is 2. The SMILES string of the molecule is CCC(NC(=O)c1cc(C(C)C)oc1C)(C(=O)O)c1ccccc1. The molecule has 1 aromatic heterocycles. The minimum atomic E-state index is -1.47. The summed E-state index contributed by atoms with van der Waals surface area (Å²) in [6.07, 6.45) is 0.228. The van der Waals surface area contributed by atoms with E-state index in [1.165, 1.54) is 0 Å². The van der Waals surface area contributed by atoms with Crippen LogP contribution in [0.25, 0.3) is 0 Å². The van der Waals surface area contributed by atoms with E-state index in [1.54, 1.807) is 44.2 Å². The maximum atomic E-state index is 12.7. The predicted octanol–water partition coefficient (Wildman–Crippen LogP) is 3.83. The van der Waals surface area contributed by atoms with Crippen molar-refractivity contribution < 1.29 is 19.1 Å². The average Bonchev–Trinajstić information content (AvgIpc) is 2.95. The molecule has 0 aliphatic carbocycles. The van der Waals surface area contributed by atoms with Crippen molar-refractivity contribution in [1.29, 1.82) is 0 Å². The molecule has 5 heteroatoms. The highest BCUT2D eigenvalue weighted by Gasteiger charge is 2.40. The maximum Gasteiger partial charge on any atom is 0.334 e. The molecule has 0 fully saturated rings. The lowest BCUT2D eigenvalue weighted by Gasteiger charge is -2.29. The van der Waals surface area contributed by atoms with E-state index < -0.39 is 17.4 Å². The Kier molecular flexibility index (Phi) is 5.12. The topological polar surface area (TPSA) is 79.5 Å². The molecule has 5 nitrogen and oxygen atoms in total. The van der Waals surface area contributed by atoms with Gasteiger partial charge in [0, 0.05) is 5.92 Å². The van der Waals surface area contributed by atoms with E-state index in [0.29, 0.717) is 22.6 Å². The van der Waals surface area contributed by atoms with E-state index in [1.807, 2.05) is 19.9 Å². The second kappa shape index (κ2) is 6.91. The summed E-state index contributed by atoms with van der Waals surface area (Å²) in [5.74, 6) is -0.199. The molecule has 2 N–H and O–H groups in total. The number of carboxylic acids is 1. The second-order valence-corrected chi connectivity index (χ2v) is 6.16. The zero-order valence-electron chi connectivity index (χ0n) is 14.4. The molecule has 0 saturated heterocycles. The predicted molar refractivity (Wildman–Crippen MR) is 91.0 cm³/mol. The van der Waals surface area contributed by atoms with Gasteiger partial charge in [-0.1, -0.05) is 51.1 Å². The van der Waals surface area contributed by atoms with E-state index in [4.69, 9.17) is 4.42 Å². The smallest absolute Gasteiger partial charge is 0.334 e. The van der Waals surface area contributed by atoms with Crippen LogP contribution in [-0.4, -0.2) is 17.0 Å².